The highest BCUT2D eigenvalue weighted by Gasteiger charge is 2.59. The van der Waals surface area contributed by atoms with Crippen LogP contribution in [0.25, 0.3) is 33.2 Å². The van der Waals surface area contributed by atoms with Gasteiger partial charge in [-0.25, -0.2) is 9.97 Å². The van der Waals surface area contributed by atoms with Crippen molar-refractivity contribution in [3.05, 3.63) is 73.1 Å². The molecule has 7 rings (SSSR count). The Kier molecular flexibility index (Phi) is 3.48. The van der Waals surface area contributed by atoms with Crippen LogP contribution in [0.3, 0.4) is 0 Å². The van der Waals surface area contributed by atoms with Crippen LogP contribution in [-0.2, 0) is 9.59 Å². The van der Waals surface area contributed by atoms with Crippen molar-refractivity contribution in [1.82, 2.24) is 15.0 Å². The number of fused-ring (bicyclic) bond motifs is 8. The van der Waals surface area contributed by atoms with E-state index < -0.39 is 0 Å². The zero-order chi connectivity index (χ0) is 21.4. The van der Waals surface area contributed by atoms with Crippen molar-refractivity contribution in [2.45, 2.75) is 6.42 Å². The quantitative estimate of drug-likeness (QED) is 0.278. The van der Waals surface area contributed by atoms with Crippen molar-refractivity contribution in [3.63, 3.8) is 0 Å². The summed E-state index contributed by atoms with van der Waals surface area (Å²) < 4.78 is 0. The number of hydrogen-bond donors (Lipinski definition) is 0. The fraction of sp³-hybridized carbons (Fsp3) is 0.192. The Hall–Kier alpha value is -3.93. The number of amides is 2. The van der Waals surface area contributed by atoms with Gasteiger partial charge in [0, 0.05) is 28.7 Å². The summed E-state index contributed by atoms with van der Waals surface area (Å²) in [6.07, 6.45) is 8.72. The van der Waals surface area contributed by atoms with E-state index in [0.29, 0.717) is 11.5 Å². The number of nitrogens with zero attached hydrogens (tertiary/aromatic N) is 4. The topological polar surface area (TPSA) is 76.1 Å². The number of carbonyl (C=O) groups excluding carboxylic acids is 2. The van der Waals surface area contributed by atoms with E-state index in [1.807, 2.05) is 48.5 Å². The molecular formula is C26H18N4O2. The van der Waals surface area contributed by atoms with Gasteiger partial charge in [-0.3, -0.25) is 19.5 Å². The highest BCUT2D eigenvalue weighted by atomic mass is 16.2. The lowest BCUT2D eigenvalue weighted by Gasteiger charge is -2.17. The van der Waals surface area contributed by atoms with Crippen LogP contribution in [0.5, 0.6) is 0 Å². The van der Waals surface area contributed by atoms with E-state index in [2.05, 4.69) is 22.1 Å². The van der Waals surface area contributed by atoms with E-state index in [9.17, 15) is 9.59 Å². The second-order valence-corrected chi connectivity index (χ2v) is 8.83. The van der Waals surface area contributed by atoms with Gasteiger partial charge < -0.3 is 0 Å². The Labute approximate surface area is 183 Å². The van der Waals surface area contributed by atoms with Gasteiger partial charge in [0.1, 0.15) is 5.52 Å². The molecule has 4 aromatic rings. The average molecular weight is 418 g/mol. The zero-order valence-electron chi connectivity index (χ0n) is 17.1. The number of carbonyl (C=O) groups is 2. The summed E-state index contributed by atoms with van der Waals surface area (Å²) in [5.41, 5.74) is 3.08. The largest absolute Gasteiger partial charge is 0.274 e. The van der Waals surface area contributed by atoms with Crippen molar-refractivity contribution in [3.8, 4) is 11.4 Å². The predicted molar refractivity (Wildman–Crippen MR) is 120 cm³/mol. The first-order valence-electron chi connectivity index (χ1n) is 10.9. The maximum absolute atomic E-state index is 13.1. The molecule has 6 nitrogen and oxygen atoms in total. The Morgan fingerprint density at radius 1 is 0.781 bits per heavy atom. The Bertz CT molecular complexity index is 1450. The summed E-state index contributed by atoms with van der Waals surface area (Å²) in [4.78, 5) is 41.3. The van der Waals surface area contributed by atoms with Crippen LogP contribution in [0.1, 0.15) is 6.42 Å². The summed E-state index contributed by atoms with van der Waals surface area (Å²) in [6.45, 7) is 0. The Morgan fingerprint density at radius 2 is 1.50 bits per heavy atom. The lowest BCUT2D eigenvalue weighted by Crippen LogP contribution is -2.32. The van der Waals surface area contributed by atoms with Crippen molar-refractivity contribution < 1.29 is 9.59 Å². The first-order valence-corrected chi connectivity index (χ1v) is 10.9. The van der Waals surface area contributed by atoms with Crippen LogP contribution in [0, 0.1) is 23.7 Å². The molecule has 1 aliphatic heterocycles. The first-order chi connectivity index (χ1) is 15.7. The molecule has 1 saturated carbocycles. The molecular weight excluding hydrogens is 400 g/mol. The second-order valence-electron chi connectivity index (χ2n) is 8.83. The van der Waals surface area contributed by atoms with Gasteiger partial charge in [0.15, 0.2) is 5.82 Å². The van der Waals surface area contributed by atoms with Crippen LogP contribution in [0.15, 0.2) is 73.1 Å². The number of hydrogen-bond acceptors (Lipinski definition) is 5. The number of benzene rings is 2. The van der Waals surface area contributed by atoms with E-state index in [4.69, 9.17) is 4.98 Å². The lowest BCUT2D eigenvalue weighted by molar-refractivity contribution is -0.123. The highest BCUT2D eigenvalue weighted by molar-refractivity contribution is 6.22. The van der Waals surface area contributed by atoms with E-state index in [1.54, 1.807) is 12.4 Å². The first kappa shape index (κ1) is 17.7. The smallest absolute Gasteiger partial charge is 0.238 e. The van der Waals surface area contributed by atoms with E-state index >= 15 is 0 Å². The molecule has 3 aliphatic rings. The molecule has 2 bridgehead atoms. The van der Waals surface area contributed by atoms with Gasteiger partial charge in [-0.2, -0.15) is 0 Å². The van der Waals surface area contributed by atoms with Gasteiger partial charge in [0.05, 0.1) is 23.0 Å². The van der Waals surface area contributed by atoms with Crippen LogP contribution < -0.4 is 4.90 Å². The minimum absolute atomic E-state index is 0.0656. The SMILES string of the molecule is O=C1[C@@H]2[C@H]3C=CC(C3)[C@@H]2C(=O)N1c1ccc(-c2ncc3ccc4cccnc4c3n2)cc1. The molecule has 154 valence electrons. The summed E-state index contributed by atoms with van der Waals surface area (Å²) in [5, 5.41) is 1.96. The normalized spacial score (nSPS) is 25.9. The summed E-state index contributed by atoms with van der Waals surface area (Å²) in [7, 11) is 0. The van der Waals surface area contributed by atoms with E-state index in [1.165, 1.54) is 4.90 Å². The minimum atomic E-state index is -0.193. The van der Waals surface area contributed by atoms with Gasteiger partial charge in [0.2, 0.25) is 11.8 Å². The summed E-state index contributed by atoms with van der Waals surface area (Å²) >= 11 is 0. The molecule has 3 heterocycles. The molecule has 2 aliphatic carbocycles. The number of rotatable bonds is 2. The third-order valence-corrected chi connectivity index (χ3v) is 7.18. The molecule has 6 heteroatoms. The number of allylic oxidation sites excluding steroid dienone is 2. The Balaban J connectivity index is 1.25. The molecule has 32 heavy (non-hydrogen) atoms. The number of anilines is 1. The zero-order valence-corrected chi connectivity index (χ0v) is 17.1. The maximum atomic E-state index is 13.1. The fourth-order valence-corrected chi connectivity index (χ4v) is 5.69. The van der Waals surface area contributed by atoms with Crippen LogP contribution in [0.4, 0.5) is 5.69 Å². The summed E-state index contributed by atoms with van der Waals surface area (Å²) in [6, 6.07) is 15.3. The monoisotopic (exact) mass is 418 g/mol. The number of pyridine rings is 1. The molecule has 2 amide bonds. The van der Waals surface area contributed by atoms with Crippen molar-refractivity contribution in [2.75, 3.05) is 4.90 Å². The fourth-order valence-electron chi connectivity index (χ4n) is 5.69. The lowest BCUT2D eigenvalue weighted by atomic mass is 9.85. The molecule has 0 radical (unpaired) electrons. The predicted octanol–water partition coefficient (Wildman–Crippen LogP) is 4.16. The third kappa shape index (κ3) is 2.32. The minimum Gasteiger partial charge on any atom is -0.274 e. The van der Waals surface area contributed by atoms with E-state index in [-0.39, 0.29) is 35.5 Å². The average Bonchev–Trinajstić information content (AvgIpc) is 3.52. The molecule has 2 aromatic heterocycles. The molecule has 2 fully saturated rings. The molecule has 1 unspecified atom stereocenters. The molecule has 4 atom stereocenters. The third-order valence-electron chi connectivity index (χ3n) is 7.18. The number of aromatic nitrogens is 3. The standard InChI is InChI=1S/C26H18N4O2/c31-25-20-16-4-5-17(12-16)21(20)26(32)30(25)19-9-7-15(8-10-19)24-28-13-18-6-3-14-2-1-11-27-22(14)23(18)29-24/h1-11,13,16-17,20-21H,12H2/t16-,17?,20+,21-/m0/s1. The summed E-state index contributed by atoms with van der Waals surface area (Å²) in [5.74, 6) is 0.484. The molecule has 1 saturated heterocycles. The van der Waals surface area contributed by atoms with Crippen LogP contribution in [0.2, 0.25) is 0 Å². The van der Waals surface area contributed by atoms with Gasteiger partial charge in [-0.15, -0.1) is 0 Å². The van der Waals surface area contributed by atoms with Crippen molar-refractivity contribution in [2.24, 2.45) is 23.7 Å². The highest BCUT2D eigenvalue weighted by Crippen LogP contribution is 2.53. The van der Waals surface area contributed by atoms with Crippen LogP contribution in [-0.4, -0.2) is 26.8 Å². The van der Waals surface area contributed by atoms with Gasteiger partial charge in [-0.05, 0) is 48.6 Å². The van der Waals surface area contributed by atoms with Gasteiger partial charge in [0.25, 0.3) is 0 Å². The van der Waals surface area contributed by atoms with Crippen LogP contribution >= 0.6 is 0 Å². The molecule has 0 spiro atoms. The van der Waals surface area contributed by atoms with Crippen molar-refractivity contribution >= 4 is 39.3 Å². The second kappa shape index (κ2) is 6.29. The number of imide groups is 1. The van der Waals surface area contributed by atoms with Gasteiger partial charge >= 0.3 is 0 Å². The molecule has 0 N–H and O–H groups in total. The maximum Gasteiger partial charge on any atom is 0.238 e. The Morgan fingerprint density at radius 3 is 2.25 bits per heavy atom. The van der Waals surface area contributed by atoms with Gasteiger partial charge in [-0.1, -0.05) is 30.4 Å². The van der Waals surface area contributed by atoms with Crippen molar-refractivity contribution in [1.29, 1.82) is 0 Å². The van der Waals surface area contributed by atoms with E-state index in [0.717, 1.165) is 33.8 Å². The molecule has 2 aromatic carbocycles.